The normalized spacial score (nSPS) is 10.6. The minimum Gasteiger partial charge on any atom is -1.00 e. The Morgan fingerprint density at radius 1 is 0.812 bits per heavy atom. The highest BCUT2D eigenvalue weighted by Crippen LogP contribution is 2.30. The van der Waals surface area contributed by atoms with Gasteiger partial charge < -0.3 is 17.7 Å². The van der Waals surface area contributed by atoms with Crippen molar-refractivity contribution in [2.24, 2.45) is 0 Å². The Morgan fingerprint density at radius 2 is 1.56 bits per heavy atom. The SMILES string of the molecule is O=C(NCCc1ccccn1)c1cc(-c2cccc3ccccc23)nc2ccccc12.[Cl-]. The third kappa shape index (κ3) is 4.32. The van der Waals surface area contributed by atoms with Gasteiger partial charge in [0.25, 0.3) is 5.91 Å². The molecule has 5 aromatic rings. The summed E-state index contributed by atoms with van der Waals surface area (Å²) in [6, 6.07) is 29.9. The molecular formula is C27H21ClN3O-. The summed E-state index contributed by atoms with van der Waals surface area (Å²) in [6.45, 7) is 0.524. The van der Waals surface area contributed by atoms with Gasteiger partial charge in [-0.05, 0) is 35.0 Å². The Balaban J connectivity index is 0.00000245. The number of aromatic nitrogens is 2. The average Bonchev–Trinajstić information content (AvgIpc) is 2.83. The lowest BCUT2D eigenvalue weighted by atomic mass is 9.99. The Bertz CT molecular complexity index is 1380. The van der Waals surface area contributed by atoms with E-state index in [1.807, 2.05) is 66.7 Å². The third-order valence-electron chi connectivity index (χ3n) is 5.42. The van der Waals surface area contributed by atoms with E-state index in [2.05, 4.69) is 34.6 Å². The molecule has 0 saturated carbocycles. The molecule has 0 radical (unpaired) electrons. The lowest BCUT2D eigenvalue weighted by molar-refractivity contribution is -0.0000146. The van der Waals surface area contributed by atoms with Gasteiger partial charge in [0.15, 0.2) is 0 Å². The van der Waals surface area contributed by atoms with Gasteiger partial charge >= 0.3 is 0 Å². The Labute approximate surface area is 192 Å². The molecule has 0 aliphatic carbocycles. The second kappa shape index (κ2) is 9.58. The van der Waals surface area contributed by atoms with Crippen LogP contribution in [-0.2, 0) is 6.42 Å². The first kappa shape index (κ1) is 21.5. The van der Waals surface area contributed by atoms with E-state index in [1.54, 1.807) is 6.20 Å². The predicted molar refractivity (Wildman–Crippen MR) is 125 cm³/mol. The maximum Gasteiger partial charge on any atom is 0.252 e. The molecule has 0 atom stereocenters. The van der Waals surface area contributed by atoms with Crippen molar-refractivity contribution in [1.29, 1.82) is 0 Å². The number of hydrogen-bond donors (Lipinski definition) is 1. The van der Waals surface area contributed by atoms with E-state index in [-0.39, 0.29) is 18.3 Å². The molecule has 3 aromatic carbocycles. The average molecular weight is 439 g/mol. The number of benzene rings is 3. The lowest BCUT2D eigenvalue weighted by Crippen LogP contribution is -3.00. The molecule has 0 fully saturated rings. The van der Waals surface area contributed by atoms with Crippen molar-refractivity contribution in [1.82, 2.24) is 15.3 Å². The fourth-order valence-corrected chi connectivity index (χ4v) is 3.90. The largest absolute Gasteiger partial charge is 1.00 e. The topological polar surface area (TPSA) is 54.9 Å². The number of para-hydroxylation sites is 1. The summed E-state index contributed by atoms with van der Waals surface area (Å²) in [7, 11) is 0. The number of pyridine rings is 2. The number of carbonyl (C=O) groups is 1. The summed E-state index contributed by atoms with van der Waals surface area (Å²) in [5, 5.41) is 6.17. The van der Waals surface area contributed by atoms with E-state index in [0.717, 1.165) is 38.6 Å². The van der Waals surface area contributed by atoms with E-state index in [9.17, 15) is 4.79 Å². The summed E-state index contributed by atoms with van der Waals surface area (Å²) in [6.07, 6.45) is 2.45. The second-order valence-electron chi connectivity index (χ2n) is 7.43. The number of nitrogens with zero attached hydrogens (tertiary/aromatic N) is 2. The molecule has 2 heterocycles. The molecule has 1 amide bonds. The zero-order valence-electron chi connectivity index (χ0n) is 17.3. The van der Waals surface area contributed by atoms with Gasteiger partial charge in [-0.3, -0.25) is 9.78 Å². The van der Waals surface area contributed by atoms with Crippen molar-refractivity contribution in [3.63, 3.8) is 0 Å². The summed E-state index contributed by atoms with van der Waals surface area (Å²) in [5.41, 5.74) is 4.22. The highest BCUT2D eigenvalue weighted by atomic mass is 35.5. The number of carbonyl (C=O) groups excluding carboxylic acids is 1. The molecule has 0 unspecified atom stereocenters. The van der Waals surface area contributed by atoms with Crippen molar-refractivity contribution < 1.29 is 17.2 Å². The zero-order chi connectivity index (χ0) is 21.0. The van der Waals surface area contributed by atoms with Crippen molar-refractivity contribution in [3.05, 3.63) is 108 Å². The number of amides is 1. The number of rotatable bonds is 5. The highest BCUT2D eigenvalue weighted by Gasteiger charge is 2.15. The quantitative estimate of drug-likeness (QED) is 0.458. The monoisotopic (exact) mass is 438 g/mol. The number of nitrogens with one attached hydrogen (secondary N) is 1. The molecule has 32 heavy (non-hydrogen) atoms. The number of fused-ring (bicyclic) bond motifs is 2. The first-order valence-electron chi connectivity index (χ1n) is 10.4. The first-order chi connectivity index (χ1) is 15.3. The van der Waals surface area contributed by atoms with Gasteiger partial charge in [-0.2, -0.15) is 0 Å². The molecule has 4 nitrogen and oxygen atoms in total. The standard InChI is InChI=1S/C27H21N3O.ClH/c31-27(29-17-15-20-10-5-6-16-28-20)24-18-26(30-25-14-4-3-12-23(24)25)22-13-7-9-19-8-1-2-11-21(19)22;/h1-14,16,18H,15,17H2,(H,29,31);1H/p-1. The van der Waals surface area contributed by atoms with Crippen LogP contribution in [0.4, 0.5) is 0 Å². The van der Waals surface area contributed by atoms with Gasteiger partial charge in [0.05, 0.1) is 16.8 Å². The smallest absolute Gasteiger partial charge is 0.252 e. The van der Waals surface area contributed by atoms with Gasteiger partial charge in [0.1, 0.15) is 0 Å². The van der Waals surface area contributed by atoms with Crippen LogP contribution in [0.5, 0.6) is 0 Å². The molecule has 0 aliphatic rings. The van der Waals surface area contributed by atoms with Crippen LogP contribution < -0.4 is 17.7 Å². The van der Waals surface area contributed by atoms with Gasteiger partial charge in [-0.1, -0.05) is 66.7 Å². The summed E-state index contributed by atoms with van der Waals surface area (Å²) >= 11 is 0. The third-order valence-corrected chi connectivity index (χ3v) is 5.42. The minimum atomic E-state index is -0.101. The molecule has 158 valence electrons. The van der Waals surface area contributed by atoms with Crippen LogP contribution in [0.2, 0.25) is 0 Å². The second-order valence-corrected chi connectivity index (χ2v) is 7.43. The van der Waals surface area contributed by atoms with E-state index < -0.39 is 0 Å². The van der Waals surface area contributed by atoms with Crippen LogP contribution in [0.1, 0.15) is 16.1 Å². The molecule has 0 spiro atoms. The van der Waals surface area contributed by atoms with Crippen molar-refractivity contribution >= 4 is 27.6 Å². The maximum atomic E-state index is 13.1. The van der Waals surface area contributed by atoms with Gasteiger partial charge in [-0.25, -0.2) is 4.98 Å². The van der Waals surface area contributed by atoms with Gasteiger partial charge in [0, 0.05) is 35.8 Å². The Morgan fingerprint density at radius 3 is 2.41 bits per heavy atom. The van der Waals surface area contributed by atoms with Crippen LogP contribution in [0.15, 0.2) is 97.2 Å². The van der Waals surface area contributed by atoms with E-state index in [0.29, 0.717) is 18.5 Å². The van der Waals surface area contributed by atoms with E-state index in [4.69, 9.17) is 4.98 Å². The minimum absolute atomic E-state index is 0. The highest BCUT2D eigenvalue weighted by molar-refractivity contribution is 6.08. The van der Waals surface area contributed by atoms with Crippen LogP contribution in [0.25, 0.3) is 32.9 Å². The predicted octanol–water partition coefficient (Wildman–Crippen LogP) is 2.43. The fraction of sp³-hybridized carbons (Fsp3) is 0.0741. The lowest BCUT2D eigenvalue weighted by Gasteiger charge is -2.12. The molecule has 0 bridgehead atoms. The van der Waals surface area contributed by atoms with E-state index in [1.165, 1.54) is 0 Å². The molecule has 5 rings (SSSR count). The zero-order valence-corrected chi connectivity index (χ0v) is 18.1. The van der Waals surface area contributed by atoms with Gasteiger partial charge in [0.2, 0.25) is 0 Å². The molecule has 0 aliphatic heterocycles. The van der Waals surface area contributed by atoms with Crippen LogP contribution >= 0.6 is 0 Å². The summed E-state index contributed by atoms with van der Waals surface area (Å²) < 4.78 is 0. The number of hydrogen-bond acceptors (Lipinski definition) is 3. The summed E-state index contributed by atoms with van der Waals surface area (Å²) in [4.78, 5) is 22.3. The van der Waals surface area contributed by atoms with Crippen LogP contribution in [0.3, 0.4) is 0 Å². The fourth-order valence-electron chi connectivity index (χ4n) is 3.90. The molecule has 0 saturated heterocycles. The molecular weight excluding hydrogens is 418 g/mol. The Hall–Kier alpha value is -3.76. The van der Waals surface area contributed by atoms with Crippen LogP contribution in [-0.4, -0.2) is 22.4 Å². The van der Waals surface area contributed by atoms with Crippen molar-refractivity contribution in [2.75, 3.05) is 6.54 Å². The van der Waals surface area contributed by atoms with Gasteiger partial charge in [-0.15, -0.1) is 0 Å². The van der Waals surface area contributed by atoms with Crippen molar-refractivity contribution in [3.8, 4) is 11.3 Å². The first-order valence-corrected chi connectivity index (χ1v) is 10.4. The number of halogens is 1. The molecule has 5 heteroatoms. The maximum absolute atomic E-state index is 13.1. The van der Waals surface area contributed by atoms with Crippen LogP contribution in [0, 0.1) is 0 Å². The molecule has 2 aromatic heterocycles. The van der Waals surface area contributed by atoms with E-state index >= 15 is 0 Å². The molecule has 1 N–H and O–H groups in total. The van der Waals surface area contributed by atoms with Crippen molar-refractivity contribution in [2.45, 2.75) is 6.42 Å². The Kier molecular flexibility index (Phi) is 6.43. The summed E-state index contributed by atoms with van der Waals surface area (Å²) in [5.74, 6) is -0.101.